The van der Waals surface area contributed by atoms with Gasteiger partial charge in [0.05, 0.1) is 13.7 Å². The summed E-state index contributed by atoms with van der Waals surface area (Å²) < 4.78 is 12.3. The van der Waals surface area contributed by atoms with Crippen molar-refractivity contribution in [1.82, 2.24) is 14.8 Å². The first-order valence-corrected chi connectivity index (χ1v) is 9.13. The highest BCUT2D eigenvalue weighted by Gasteiger charge is 2.30. The molecule has 3 aromatic rings. The number of methoxy groups -OCH3 is 1. The molecule has 6 nitrogen and oxygen atoms in total. The summed E-state index contributed by atoms with van der Waals surface area (Å²) in [7, 11) is 1.64. The largest absolute Gasteiger partial charge is 0.497 e. The first kappa shape index (κ1) is 16.7. The molecule has 0 bridgehead atoms. The Morgan fingerprint density at radius 3 is 2.54 bits per heavy atom. The van der Waals surface area contributed by atoms with Crippen molar-refractivity contribution in [2.24, 2.45) is 0 Å². The first-order chi connectivity index (χ1) is 12.8. The Bertz CT molecular complexity index is 910. The van der Waals surface area contributed by atoms with Crippen LogP contribution >= 0.6 is 11.8 Å². The average Bonchev–Trinajstić information content (AvgIpc) is 3.29. The predicted molar refractivity (Wildman–Crippen MR) is 98.6 cm³/mol. The van der Waals surface area contributed by atoms with Crippen LogP contribution in [0.25, 0.3) is 17.1 Å². The van der Waals surface area contributed by atoms with E-state index in [-0.39, 0.29) is 11.2 Å². The second kappa shape index (κ2) is 7.21. The molecule has 0 saturated carbocycles. The zero-order valence-electron chi connectivity index (χ0n) is 14.2. The lowest BCUT2D eigenvalue weighted by Gasteiger charge is -2.11. The third-order valence-corrected chi connectivity index (χ3v) is 5.32. The Hall–Kier alpha value is -2.80. The van der Waals surface area contributed by atoms with Crippen molar-refractivity contribution in [2.45, 2.75) is 16.8 Å². The number of nitrogens with zero attached hydrogens (tertiary/aromatic N) is 3. The number of rotatable bonds is 5. The monoisotopic (exact) mass is 367 g/mol. The Kier molecular flexibility index (Phi) is 4.62. The molecule has 1 fully saturated rings. The molecule has 1 aromatic heterocycles. The van der Waals surface area contributed by atoms with Crippen molar-refractivity contribution < 1.29 is 14.3 Å². The fraction of sp³-hybridized carbons (Fsp3) is 0.211. The number of aromatic nitrogens is 3. The van der Waals surface area contributed by atoms with Crippen molar-refractivity contribution >= 4 is 17.7 Å². The number of ether oxygens (including phenoxy) is 2. The van der Waals surface area contributed by atoms with Crippen molar-refractivity contribution in [3.63, 3.8) is 0 Å². The smallest absolute Gasteiger partial charge is 0.319 e. The lowest BCUT2D eigenvalue weighted by molar-refractivity contribution is -0.137. The number of benzene rings is 2. The van der Waals surface area contributed by atoms with Gasteiger partial charge in [-0.3, -0.25) is 9.36 Å². The average molecular weight is 367 g/mol. The number of esters is 1. The summed E-state index contributed by atoms with van der Waals surface area (Å²) in [5.74, 6) is 1.30. The number of thioether (sulfide) groups is 1. The molecule has 0 amide bonds. The molecule has 2 aromatic carbocycles. The van der Waals surface area contributed by atoms with Gasteiger partial charge in [0.25, 0.3) is 0 Å². The minimum Gasteiger partial charge on any atom is -0.497 e. The van der Waals surface area contributed by atoms with E-state index in [1.807, 2.05) is 59.2 Å². The SMILES string of the molecule is COc1ccc(-c2nnc(SC3CCOC3=O)n2-c2ccccc2)cc1. The van der Waals surface area contributed by atoms with Crippen LogP contribution in [0.15, 0.2) is 59.8 Å². The van der Waals surface area contributed by atoms with E-state index in [0.717, 1.165) is 17.0 Å². The Morgan fingerprint density at radius 1 is 1.12 bits per heavy atom. The van der Waals surface area contributed by atoms with Gasteiger partial charge in [0.15, 0.2) is 11.0 Å². The van der Waals surface area contributed by atoms with Gasteiger partial charge in [0.2, 0.25) is 0 Å². The van der Waals surface area contributed by atoms with Crippen LogP contribution < -0.4 is 4.74 Å². The van der Waals surface area contributed by atoms with E-state index in [2.05, 4.69) is 10.2 Å². The molecule has 26 heavy (non-hydrogen) atoms. The van der Waals surface area contributed by atoms with Gasteiger partial charge in [-0.15, -0.1) is 10.2 Å². The second-order valence-electron chi connectivity index (χ2n) is 5.77. The number of carbonyl (C=O) groups excluding carboxylic acids is 1. The molecule has 1 unspecified atom stereocenters. The van der Waals surface area contributed by atoms with Crippen LogP contribution in [0.5, 0.6) is 5.75 Å². The maximum Gasteiger partial charge on any atom is 0.319 e. The molecule has 0 radical (unpaired) electrons. The number of carbonyl (C=O) groups is 1. The van der Waals surface area contributed by atoms with Crippen molar-refractivity contribution in [1.29, 1.82) is 0 Å². The zero-order chi connectivity index (χ0) is 17.9. The highest BCUT2D eigenvalue weighted by molar-refractivity contribution is 8.00. The molecule has 7 heteroatoms. The van der Waals surface area contributed by atoms with Crippen LogP contribution in [-0.4, -0.2) is 39.7 Å². The van der Waals surface area contributed by atoms with Crippen LogP contribution in [0.1, 0.15) is 6.42 Å². The summed E-state index contributed by atoms with van der Waals surface area (Å²) in [6.07, 6.45) is 0.684. The molecular weight excluding hydrogens is 350 g/mol. The molecule has 1 saturated heterocycles. The molecule has 0 N–H and O–H groups in total. The van der Waals surface area contributed by atoms with E-state index in [4.69, 9.17) is 9.47 Å². The fourth-order valence-electron chi connectivity index (χ4n) is 2.79. The lowest BCUT2D eigenvalue weighted by atomic mass is 10.2. The second-order valence-corrected chi connectivity index (χ2v) is 6.94. The van der Waals surface area contributed by atoms with Crippen LogP contribution in [0.4, 0.5) is 0 Å². The van der Waals surface area contributed by atoms with E-state index < -0.39 is 0 Å². The van der Waals surface area contributed by atoms with Gasteiger partial charge in [0.1, 0.15) is 11.0 Å². The van der Waals surface area contributed by atoms with E-state index in [0.29, 0.717) is 24.0 Å². The Labute approximate surface area is 155 Å². The number of cyclic esters (lactones) is 1. The summed E-state index contributed by atoms with van der Waals surface area (Å²) in [5, 5.41) is 9.16. The summed E-state index contributed by atoms with van der Waals surface area (Å²) >= 11 is 1.39. The maximum atomic E-state index is 11.9. The van der Waals surface area contributed by atoms with Gasteiger partial charge in [0, 0.05) is 17.7 Å². The van der Waals surface area contributed by atoms with Gasteiger partial charge in [-0.2, -0.15) is 0 Å². The lowest BCUT2D eigenvalue weighted by Crippen LogP contribution is -2.11. The van der Waals surface area contributed by atoms with E-state index in [9.17, 15) is 4.79 Å². The molecule has 0 aliphatic carbocycles. The molecule has 1 aliphatic heterocycles. The Morgan fingerprint density at radius 2 is 1.88 bits per heavy atom. The van der Waals surface area contributed by atoms with Crippen molar-refractivity contribution in [3.8, 4) is 22.8 Å². The first-order valence-electron chi connectivity index (χ1n) is 8.25. The molecule has 132 valence electrons. The quantitative estimate of drug-likeness (QED) is 0.644. The molecular formula is C19H17N3O3S. The fourth-order valence-corrected chi connectivity index (χ4v) is 3.81. The van der Waals surface area contributed by atoms with E-state index in [1.165, 1.54) is 11.8 Å². The molecule has 2 heterocycles. The zero-order valence-corrected chi connectivity index (χ0v) is 15.0. The Balaban J connectivity index is 1.77. The minimum absolute atomic E-state index is 0.191. The number of hydrogen-bond donors (Lipinski definition) is 0. The van der Waals surface area contributed by atoms with Gasteiger partial charge < -0.3 is 9.47 Å². The molecule has 1 atom stereocenters. The summed E-state index contributed by atoms with van der Waals surface area (Å²) in [6, 6.07) is 17.5. The summed E-state index contributed by atoms with van der Waals surface area (Å²) in [4.78, 5) is 11.9. The highest BCUT2D eigenvalue weighted by atomic mass is 32.2. The minimum atomic E-state index is -0.245. The van der Waals surface area contributed by atoms with E-state index in [1.54, 1.807) is 7.11 Å². The molecule has 4 rings (SSSR count). The van der Waals surface area contributed by atoms with Crippen molar-refractivity contribution in [3.05, 3.63) is 54.6 Å². The topological polar surface area (TPSA) is 66.2 Å². The van der Waals surface area contributed by atoms with Gasteiger partial charge in [-0.1, -0.05) is 30.0 Å². The standard InChI is InChI=1S/C19H17N3O3S/c1-24-15-9-7-13(8-10-15)17-20-21-19(26-16-11-12-25-18(16)23)22(17)14-5-3-2-4-6-14/h2-10,16H,11-12H2,1H3. The summed E-state index contributed by atoms with van der Waals surface area (Å²) in [5.41, 5.74) is 1.86. The predicted octanol–water partition coefficient (Wildman–Crippen LogP) is 3.35. The van der Waals surface area contributed by atoms with Gasteiger partial charge >= 0.3 is 5.97 Å². The number of hydrogen-bond acceptors (Lipinski definition) is 6. The van der Waals surface area contributed by atoms with Gasteiger partial charge in [-0.25, -0.2) is 0 Å². The van der Waals surface area contributed by atoms with Crippen molar-refractivity contribution in [2.75, 3.05) is 13.7 Å². The van der Waals surface area contributed by atoms with E-state index >= 15 is 0 Å². The van der Waals surface area contributed by atoms with Crippen LogP contribution in [0, 0.1) is 0 Å². The number of para-hydroxylation sites is 1. The van der Waals surface area contributed by atoms with Crippen LogP contribution in [-0.2, 0) is 9.53 Å². The summed E-state index contributed by atoms with van der Waals surface area (Å²) in [6.45, 7) is 0.460. The third-order valence-electron chi connectivity index (χ3n) is 4.13. The normalized spacial score (nSPS) is 16.5. The molecule has 1 aliphatic rings. The van der Waals surface area contributed by atoms with Gasteiger partial charge in [-0.05, 0) is 36.4 Å². The van der Waals surface area contributed by atoms with Crippen LogP contribution in [0.3, 0.4) is 0 Å². The third kappa shape index (κ3) is 3.17. The van der Waals surface area contributed by atoms with Crippen LogP contribution in [0.2, 0.25) is 0 Å². The molecule has 0 spiro atoms. The maximum absolute atomic E-state index is 11.9. The highest BCUT2D eigenvalue weighted by Crippen LogP contribution is 2.33.